The highest BCUT2D eigenvalue weighted by molar-refractivity contribution is 5.94. The highest BCUT2D eigenvalue weighted by Crippen LogP contribution is 2.22. The minimum Gasteiger partial charge on any atom is -0.379 e. The van der Waals surface area contributed by atoms with Gasteiger partial charge < -0.3 is 15.0 Å². The second-order valence-electron chi connectivity index (χ2n) is 8.80. The van der Waals surface area contributed by atoms with E-state index >= 15 is 0 Å². The molecule has 37 heavy (non-hydrogen) atoms. The van der Waals surface area contributed by atoms with Crippen LogP contribution in [0.25, 0.3) is 22.2 Å². The second kappa shape index (κ2) is 11.2. The molecule has 0 radical (unpaired) electrons. The zero-order valence-electron chi connectivity index (χ0n) is 20.8. The van der Waals surface area contributed by atoms with Gasteiger partial charge in [-0.25, -0.2) is 15.0 Å². The fraction of sp³-hybridized carbons (Fsp3) is 0.286. The molecule has 0 saturated carbocycles. The Hall–Kier alpha value is -4.26. The van der Waals surface area contributed by atoms with E-state index in [2.05, 4.69) is 38.3 Å². The van der Waals surface area contributed by atoms with E-state index in [1.165, 1.54) is 0 Å². The molecule has 1 amide bonds. The van der Waals surface area contributed by atoms with Crippen LogP contribution < -0.4 is 10.3 Å². The number of aromatic amines is 1. The number of fused-ring (bicyclic) bond motifs is 1. The predicted octanol–water partition coefficient (Wildman–Crippen LogP) is 3.54. The number of nitrogens with one attached hydrogen (secondary N) is 2. The Morgan fingerprint density at radius 1 is 1.19 bits per heavy atom. The van der Waals surface area contributed by atoms with Crippen LogP contribution in [0.15, 0.2) is 60.9 Å². The van der Waals surface area contributed by atoms with E-state index in [9.17, 15) is 10.1 Å². The third-order valence-corrected chi connectivity index (χ3v) is 6.51. The number of morpholine rings is 1. The molecule has 1 aliphatic heterocycles. The van der Waals surface area contributed by atoms with Crippen LogP contribution in [0.1, 0.15) is 28.4 Å². The van der Waals surface area contributed by atoms with Crippen LogP contribution in [-0.4, -0.2) is 65.3 Å². The van der Waals surface area contributed by atoms with E-state index in [4.69, 9.17) is 9.72 Å². The molecule has 0 bridgehead atoms. The van der Waals surface area contributed by atoms with Crippen LogP contribution in [0.4, 0.5) is 5.95 Å². The summed E-state index contributed by atoms with van der Waals surface area (Å²) in [5, 5.41) is 17.4. The van der Waals surface area contributed by atoms with Crippen molar-refractivity contribution in [3.63, 3.8) is 0 Å². The number of amides is 1. The molecule has 2 aromatic carbocycles. The topological polar surface area (TPSA) is 110 Å². The zero-order valence-corrected chi connectivity index (χ0v) is 20.8. The molecule has 0 aliphatic carbocycles. The summed E-state index contributed by atoms with van der Waals surface area (Å²) >= 11 is 0. The average Bonchev–Trinajstić information content (AvgIpc) is 3.37. The smallest absolute Gasteiger partial charge is 0.251 e. The predicted molar refractivity (Wildman–Crippen MR) is 142 cm³/mol. The summed E-state index contributed by atoms with van der Waals surface area (Å²) in [5.74, 6) is 0.531. The van der Waals surface area contributed by atoms with Crippen molar-refractivity contribution >= 4 is 22.8 Å². The number of aromatic nitrogens is 3. The number of ether oxygens (including phenoxy) is 1. The first kappa shape index (κ1) is 24.4. The van der Waals surface area contributed by atoms with Crippen molar-refractivity contribution in [1.29, 1.82) is 5.26 Å². The van der Waals surface area contributed by atoms with Gasteiger partial charge in [-0.15, -0.1) is 0 Å². The maximum atomic E-state index is 12.7. The summed E-state index contributed by atoms with van der Waals surface area (Å²) in [4.78, 5) is 25.1. The van der Waals surface area contributed by atoms with E-state index in [1.807, 2.05) is 48.5 Å². The number of rotatable bonds is 8. The molecular formula is C28H29N7O2. The fourth-order valence-corrected chi connectivity index (χ4v) is 4.53. The monoisotopic (exact) mass is 495 g/mol. The Balaban J connectivity index is 1.21. The van der Waals surface area contributed by atoms with E-state index in [0.29, 0.717) is 43.3 Å². The van der Waals surface area contributed by atoms with Crippen molar-refractivity contribution in [2.75, 3.05) is 44.4 Å². The number of anilines is 1. The lowest BCUT2D eigenvalue weighted by molar-refractivity contribution is 0.0314. The minimum absolute atomic E-state index is 0.125. The Kier molecular flexibility index (Phi) is 7.40. The van der Waals surface area contributed by atoms with Crippen LogP contribution in [-0.2, 0) is 11.2 Å². The summed E-state index contributed by atoms with van der Waals surface area (Å²) in [6, 6.07) is 17.5. The lowest BCUT2D eigenvalue weighted by Gasteiger charge is -2.36. The molecule has 0 atom stereocenters. The highest BCUT2D eigenvalue weighted by Gasteiger charge is 2.20. The molecule has 4 aromatic rings. The number of hydrazine groups is 1. The number of benzene rings is 2. The van der Waals surface area contributed by atoms with Crippen molar-refractivity contribution in [1.82, 2.24) is 25.3 Å². The number of hydrogen-bond donors (Lipinski definition) is 2. The van der Waals surface area contributed by atoms with Gasteiger partial charge >= 0.3 is 0 Å². The number of hydrogen-bond acceptors (Lipinski definition) is 7. The summed E-state index contributed by atoms with van der Waals surface area (Å²) in [7, 11) is 0. The Labute approximate surface area is 215 Å². The number of carbonyl (C=O) groups is 1. The van der Waals surface area contributed by atoms with Crippen LogP contribution in [0.3, 0.4) is 0 Å². The molecule has 0 unspecified atom stereocenters. The third-order valence-electron chi connectivity index (χ3n) is 6.51. The van der Waals surface area contributed by atoms with Crippen molar-refractivity contribution < 1.29 is 9.53 Å². The number of nitriles is 1. The maximum Gasteiger partial charge on any atom is 0.251 e. The highest BCUT2D eigenvalue weighted by atomic mass is 16.5. The lowest BCUT2D eigenvalue weighted by Crippen LogP contribution is -2.49. The molecule has 5 rings (SSSR count). The summed E-state index contributed by atoms with van der Waals surface area (Å²) < 4.78 is 5.47. The number of H-pyrrole nitrogens is 1. The molecule has 9 heteroatoms. The SMILES string of the molecule is CCN(c1nccc(-c2ccc(C(=O)NCCc3ccc4[nH]cc(C#N)c4c3)cc2)n1)N1CCOCC1. The Morgan fingerprint density at radius 2 is 2.00 bits per heavy atom. The molecule has 3 heterocycles. The maximum absolute atomic E-state index is 12.7. The van der Waals surface area contributed by atoms with Crippen LogP contribution in [0.5, 0.6) is 0 Å². The normalized spacial score (nSPS) is 13.8. The minimum atomic E-state index is -0.125. The summed E-state index contributed by atoms with van der Waals surface area (Å²) in [5.41, 5.74) is 4.95. The molecular weight excluding hydrogens is 466 g/mol. The molecule has 188 valence electrons. The summed E-state index contributed by atoms with van der Waals surface area (Å²) in [6.45, 7) is 6.37. The van der Waals surface area contributed by atoms with E-state index in [1.54, 1.807) is 12.4 Å². The first-order valence-corrected chi connectivity index (χ1v) is 12.5. The van der Waals surface area contributed by atoms with Gasteiger partial charge in [-0.05, 0) is 49.2 Å². The fourth-order valence-electron chi connectivity index (χ4n) is 4.53. The molecule has 2 N–H and O–H groups in total. The Bertz CT molecular complexity index is 1420. The molecule has 0 spiro atoms. The summed E-state index contributed by atoms with van der Waals surface area (Å²) in [6.07, 6.45) is 4.16. The van der Waals surface area contributed by atoms with Crippen molar-refractivity contribution in [2.24, 2.45) is 0 Å². The van der Waals surface area contributed by atoms with Gasteiger partial charge in [0.05, 0.1) is 24.5 Å². The van der Waals surface area contributed by atoms with Gasteiger partial charge in [-0.1, -0.05) is 18.2 Å². The second-order valence-corrected chi connectivity index (χ2v) is 8.80. The third kappa shape index (κ3) is 5.45. The first-order chi connectivity index (χ1) is 18.2. The zero-order chi connectivity index (χ0) is 25.6. The van der Waals surface area contributed by atoms with Gasteiger partial charge in [0.1, 0.15) is 6.07 Å². The number of carbonyl (C=O) groups excluding carboxylic acids is 1. The lowest BCUT2D eigenvalue weighted by atomic mass is 10.1. The molecule has 2 aromatic heterocycles. The first-order valence-electron chi connectivity index (χ1n) is 12.5. The Morgan fingerprint density at radius 3 is 2.76 bits per heavy atom. The van der Waals surface area contributed by atoms with E-state index < -0.39 is 0 Å². The largest absolute Gasteiger partial charge is 0.379 e. The van der Waals surface area contributed by atoms with E-state index in [0.717, 1.165) is 47.4 Å². The van der Waals surface area contributed by atoms with Gasteiger partial charge in [0, 0.05) is 60.6 Å². The van der Waals surface area contributed by atoms with Gasteiger partial charge in [0.2, 0.25) is 5.95 Å². The van der Waals surface area contributed by atoms with Gasteiger partial charge in [-0.2, -0.15) is 5.26 Å². The molecule has 1 saturated heterocycles. The van der Waals surface area contributed by atoms with Crippen molar-refractivity contribution in [3.05, 3.63) is 77.6 Å². The quantitative estimate of drug-likeness (QED) is 0.385. The van der Waals surface area contributed by atoms with Crippen molar-refractivity contribution in [2.45, 2.75) is 13.3 Å². The number of nitrogens with zero attached hydrogens (tertiary/aromatic N) is 5. The molecule has 1 fully saturated rings. The van der Waals surface area contributed by atoms with Crippen LogP contribution in [0, 0.1) is 11.3 Å². The van der Waals surface area contributed by atoms with Gasteiger partial charge in [0.25, 0.3) is 5.91 Å². The molecule has 9 nitrogen and oxygen atoms in total. The van der Waals surface area contributed by atoms with Gasteiger partial charge in [-0.3, -0.25) is 9.80 Å². The van der Waals surface area contributed by atoms with Gasteiger partial charge in [0.15, 0.2) is 0 Å². The van der Waals surface area contributed by atoms with E-state index in [-0.39, 0.29) is 5.91 Å². The van der Waals surface area contributed by atoms with Crippen molar-refractivity contribution in [3.8, 4) is 17.3 Å². The standard InChI is InChI=1S/C28H29N7O2/c1-2-35(34-13-15-37-16-14-34)28-31-12-10-25(33-28)21-4-6-22(7-5-21)27(36)30-11-9-20-3-8-26-24(17-20)23(18-29)19-32-26/h3-8,10,12,17,19,32H,2,9,11,13-16H2,1H3,(H,30,36). The molecule has 1 aliphatic rings. The average molecular weight is 496 g/mol. The van der Waals surface area contributed by atoms with Crippen LogP contribution >= 0.6 is 0 Å². The van der Waals surface area contributed by atoms with Crippen LogP contribution in [0.2, 0.25) is 0 Å².